The van der Waals surface area contributed by atoms with Crippen molar-refractivity contribution >= 4 is 29.0 Å². The van der Waals surface area contributed by atoms with Gasteiger partial charge in [-0.05, 0) is 97.4 Å². The second kappa shape index (κ2) is 13.7. The van der Waals surface area contributed by atoms with E-state index in [4.69, 9.17) is 40.6 Å². The fourth-order valence-electron chi connectivity index (χ4n) is 6.73. The first-order valence-electron chi connectivity index (χ1n) is 17.0. The van der Waals surface area contributed by atoms with E-state index in [1.165, 1.54) is 7.11 Å². The van der Waals surface area contributed by atoms with Crippen LogP contribution in [0.4, 0.5) is 5.82 Å². The predicted octanol–water partition coefficient (Wildman–Crippen LogP) is 8.38. The van der Waals surface area contributed by atoms with Gasteiger partial charge in [-0.2, -0.15) is 9.61 Å². The molecule has 256 valence electrons. The van der Waals surface area contributed by atoms with Gasteiger partial charge in [-0.1, -0.05) is 35.9 Å². The molecule has 0 aliphatic carbocycles. The van der Waals surface area contributed by atoms with Crippen LogP contribution in [0.2, 0.25) is 5.02 Å². The molecule has 0 amide bonds. The number of esters is 1. The predicted molar refractivity (Wildman–Crippen MR) is 189 cm³/mol. The van der Waals surface area contributed by atoms with Gasteiger partial charge in [0.2, 0.25) is 0 Å². The van der Waals surface area contributed by atoms with E-state index in [-0.39, 0.29) is 11.7 Å². The monoisotopic (exact) mass is 674 g/mol. The lowest BCUT2D eigenvalue weighted by molar-refractivity contribution is -0.164. The highest BCUT2D eigenvalue weighted by Gasteiger charge is 2.38. The summed E-state index contributed by atoms with van der Waals surface area (Å²) >= 11 is 6.83. The van der Waals surface area contributed by atoms with Crippen molar-refractivity contribution in [3.05, 3.63) is 64.8 Å². The van der Waals surface area contributed by atoms with Gasteiger partial charge in [-0.25, -0.2) is 9.78 Å². The average molecular weight is 675 g/mol. The number of fused-ring (bicyclic) bond motifs is 8. The third kappa shape index (κ3) is 7.19. The summed E-state index contributed by atoms with van der Waals surface area (Å²) in [6, 6.07) is 16.0. The number of ether oxygens (including phenoxy) is 4. The van der Waals surface area contributed by atoms with Crippen LogP contribution >= 0.6 is 11.6 Å². The third-order valence-electron chi connectivity index (χ3n) is 9.28. The van der Waals surface area contributed by atoms with Crippen molar-refractivity contribution in [1.29, 1.82) is 0 Å². The lowest BCUT2D eigenvalue weighted by atomic mass is 9.92. The minimum Gasteiger partial charge on any atom is -0.490 e. The van der Waals surface area contributed by atoms with Crippen molar-refractivity contribution < 1.29 is 23.7 Å². The number of methoxy groups -OCH3 is 1. The fraction of sp³-hybridized carbons (Fsp3) is 0.500. The number of hydrogen-bond acceptors (Lipinski definition) is 8. The van der Waals surface area contributed by atoms with E-state index in [9.17, 15) is 4.79 Å². The number of benzene rings is 2. The highest BCUT2D eigenvalue weighted by atomic mass is 35.5. The summed E-state index contributed by atoms with van der Waals surface area (Å²) in [5, 5.41) is 5.78. The Bertz CT molecular complexity index is 1790. The molecule has 5 heterocycles. The Hall–Kier alpha value is -3.66. The lowest BCUT2D eigenvalue weighted by Crippen LogP contribution is -2.46. The van der Waals surface area contributed by atoms with Gasteiger partial charge >= 0.3 is 5.97 Å². The SMILES string of the molecule is COC(=O)[C@@H](OC(C)(C)C)c1c(C)nc2cc3nn2c1N1CCC(C)(CC1)OCCCC[C@H](C)Oc1cccc(Cl)c1-c1cccc-3c1. The molecule has 2 aromatic carbocycles. The van der Waals surface area contributed by atoms with Crippen LogP contribution < -0.4 is 9.64 Å². The first-order chi connectivity index (χ1) is 22.9. The van der Waals surface area contributed by atoms with E-state index in [1.54, 1.807) is 0 Å². The molecule has 0 unspecified atom stereocenters. The largest absolute Gasteiger partial charge is 0.490 e. The number of halogens is 1. The Labute approximate surface area is 288 Å². The first kappa shape index (κ1) is 34.2. The van der Waals surface area contributed by atoms with E-state index in [2.05, 4.69) is 24.8 Å². The van der Waals surface area contributed by atoms with Crippen molar-refractivity contribution in [2.24, 2.45) is 0 Å². The zero-order valence-electron chi connectivity index (χ0n) is 29.1. The van der Waals surface area contributed by atoms with E-state index >= 15 is 0 Å². The molecule has 3 aliphatic heterocycles. The molecule has 0 radical (unpaired) electrons. The molecule has 10 heteroatoms. The average Bonchev–Trinajstić information content (AvgIpc) is 3.46. The maximum atomic E-state index is 13.4. The topological polar surface area (TPSA) is 87.4 Å². The van der Waals surface area contributed by atoms with Gasteiger partial charge in [0.05, 0.1) is 40.7 Å². The maximum absolute atomic E-state index is 13.4. The highest BCUT2D eigenvalue weighted by Crippen LogP contribution is 2.41. The molecule has 7 rings (SSSR count). The van der Waals surface area contributed by atoms with Crippen LogP contribution in [-0.4, -0.2) is 64.7 Å². The van der Waals surface area contributed by atoms with Crippen LogP contribution in [0, 0.1) is 6.92 Å². The summed E-state index contributed by atoms with van der Waals surface area (Å²) in [6.07, 6.45) is 3.54. The van der Waals surface area contributed by atoms with Gasteiger partial charge in [0, 0.05) is 42.6 Å². The van der Waals surface area contributed by atoms with Gasteiger partial charge in [0.25, 0.3) is 0 Å². The normalized spacial score (nSPS) is 21.1. The smallest absolute Gasteiger partial charge is 0.339 e. The summed E-state index contributed by atoms with van der Waals surface area (Å²) in [6.45, 7) is 14.2. The third-order valence-corrected chi connectivity index (χ3v) is 9.59. The highest BCUT2D eigenvalue weighted by molar-refractivity contribution is 6.33. The molecule has 48 heavy (non-hydrogen) atoms. The minimum absolute atomic E-state index is 0.0197. The van der Waals surface area contributed by atoms with Crippen LogP contribution in [0.3, 0.4) is 0 Å². The number of aryl methyl sites for hydroxylation is 1. The molecule has 0 spiro atoms. The number of nitrogens with zero attached hydrogens (tertiary/aromatic N) is 4. The van der Waals surface area contributed by atoms with E-state index in [0.29, 0.717) is 28.5 Å². The second-order valence-corrected chi connectivity index (χ2v) is 14.7. The Morgan fingerprint density at radius 3 is 2.54 bits per heavy atom. The van der Waals surface area contributed by atoms with Gasteiger partial charge in [-0.3, -0.25) is 0 Å². The molecule has 0 saturated carbocycles. The summed E-state index contributed by atoms with van der Waals surface area (Å²) in [4.78, 5) is 20.7. The van der Waals surface area contributed by atoms with Crippen LogP contribution in [0.1, 0.15) is 84.1 Å². The van der Waals surface area contributed by atoms with Crippen LogP contribution in [0.5, 0.6) is 5.75 Å². The van der Waals surface area contributed by atoms with E-state index in [0.717, 1.165) is 79.1 Å². The summed E-state index contributed by atoms with van der Waals surface area (Å²) in [5.41, 5.74) is 4.59. The van der Waals surface area contributed by atoms with Crippen molar-refractivity contribution in [3.8, 4) is 28.1 Å². The van der Waals surface area contributed by atoms with Crippen molar-refractivity contribution in [2.75, 3.05) is 31.7 Å². The van der Waals surface area contributed by atoms with Crippen molar-refractivity contribution in [1.82, 2.24) is 14.6 Å². The van der Waals surface area contributed by atoms with Gasteiger partial charge < -0.3 is 23.8 Å². The van der Waals surface area contributed by atoms with Gasteiger partial charge in [-0.15, -0.1) is 0 Å². The van der Waals surface area contributed by atoms with Crippen LogP contribution in [-0.2, 0) is 19.0 Å². The number of piperidine rings is 1. The van der Waals surface area contributed by atoms with E-state index < -0.39 is 17.7 Å². The quantitative estimate of drug-likeness (QED) is 0.200. The zero-order chi connectivity index (χ0) is 34.2. The van der Waals surface area contributed by atoms with Gasteiger partial charge in [0.1, 0.15) is 11.6 Å². The summed E-state index contributed by atoms with van der Waals surface area (Å²) in [7, 11) is 1.39. The molecular formula is C38H47ClN4O5. The molecule has 2 atom stereocenters. The molecule has 0 N–H and O–H groups in total. The molecule has 1 fully saturated rings. The number of hydrogen-bond donors (Lipinski definition) is 0. The molecule has 2 aromatic heterocycles. The number of anilines is 1. The van der Waals surface area contributed by atoms with E-state index in [1.807, 2.05) is 74.7 Å². The molecule has 6 bridgehead atoms. The molecule has 9 nitrogen and oxygen atoms in total. The lowest BCUT2D eigenvalue weighted by Gasteiger charge is -2.41. The summed E-state index contributed by atoms with van der Waals surface area (Å²) < 4.78 is 26.6. The molecular weight excluding hydrogens is 628 g/mol. The minimum atomic E-state index is -0.992. The molecule has 1 saturated heterocycles. The zero-order valence-corrected chi connectivity index (χ0v) is 29.9. The summed E-state index contributed by atoms with van der Waals surface area (Å²) in [5.74, 6) is 1.06. The van der Waals surface area contributed by atoms with Crippen LogP contribution in [0.15, 0.2) is 48.5 Å². The van der Waals surface area contributed by atoms with Crippen molar-refractivity contribution in [2.45, 2.75) is 97.1 Å². The number of aromatic nitrogens is 3. The number of rotatable bonds is 3. The Kier molecular flexibility index (Phi) is 9.76. The Morgan fingerprint density at radius 1 is 1.08 bits per heavy atom. The van der Waals surface area contributed by atoms with Crippen LogP contribution in [0.25, 0.3) is 28.0 Å². The molecule has 4 aromatic rings. The molecule has 3 aliphatic rings. The number of carbonyl (C=O) groups excluding carboxylic acids is 1. The van der Waals surface area contributed by atoms with Gasteiger partial charge in [0.15, 0.2) is 11.8 Å². The maximum Gasteiger partial charge on any atom is 0.339 e. The number of carbonyl (C=O) groups is 1. The fourth-order valence-corrected chi connectivity index (χ4v) is 7.01. The first-order valence-corrected chi connectivity index (χ1v) is 17.3. The standard InChI is InChI=1S/C38H47ClN4O5/c1-24-12-8-9-21-46-38(6)17-19-42(20-18-38)35-32(34(36(44)45-7)48-37(3,4)5)25(2)40-31-23-29(41-43(31)35)26-13-10-14-27(22-26)33-28(39)15-11-16-30(33)47-24/h10-11,13-16,22-24,34H,8-9,12,17-21H2,1-7H3/t24-,34-/m0/s1. The second-order valence-electron chi connectivity index (χ2n) is 14.3. The van der Waals surface area contributed by atoms with Crippen molar-refractivity contribution in [3.63, 3.8) is 0 Å². The Morgan fingerprint density at radius 2 is 1.81 bits per heavy atom. The Balaban J connectivity index is 1.55.